The van der Waals surface area contributed by atoms with Crippen molar-refractivity contribution in [1.82, 2.24) is 20.4 Å². The van der Waals surface area contributed by atoms with Gasteiger partial charge in [0.25, 0.3) is 10.9 Å². The Morgan fingerprint density at radius 3 is 2.17 bits per heavy atom. The van der Waals surface area contributed by atoms with Crippen LogP contribution in [0.25, 0.3) is 22.9 Å². The van der Waals surface area contributed by atoms with Gasteiger partial charge in [-0.25, -0.2) is 0 Å². The van der Waals surface area contributed by atoms with Crippen molar-refractivity contribution in [1.29, 1.82) is 0 Å². The zero-order valence-corrected chi connectivity index (χ0v) is 16.4. The number of halogens is 1. The second-order valence-electron chi connectivity index (χ2n) is 5.89. The molecule has 2 heterocycles. The number of benzene rings is 2. The van der Waals surface area contributed by atoms with Crippen molar-refractivity contribution < 1.29 is 13.8 Å². The van der Waals surface area contributed by atoms with Gasteiger partial charge in [-0.3, -0.25) is 10.1 Å². The summed E-state index contributed by atoms with van der Waals surface area (Å²) in [6.07, 6.45) is 0. The van der Waals surface area contributed by atoms with Crippen LogP contribution in [0.1, 0.15) is 18.1 Å². The summed E-state index contributed by atoms with van der Waals surface area (Å²) in [5.41, 5.74) is 1.35. The highest BCUT2D eigenvalue weighted by Crippen LogP contribution is 2.35. The normalized spacial score (nSPS) is 12.1. The minimum absolute atomic E-state index is 0.00898. The molecule has 2 aromatic carbocycles. The number of non-ortho nitro benzene ring substituents is 1. The van der Waals surface area contributed by atoms with Crippen LogP contribution in [0, 0.1) is 10.1 Å². The first-order valence-electron chi connectivity index (χ1n) is 8.34. The summed E-state index contributed by atoms with van der Waals surface area (Å²) < 4.78 is 11.4. The van der Waals surface area contributed by atoms with Crippen molar-refractivity contribution in [3.63, 3.8) is 0 Å². The molecule has 0 bridgehead atoms. The number of aromatic nitrogens is 4. The minimum atomic E-state index is -0.468. The highest BCUT2D eigenvalue weighted by atomic mass is 35.5. The molecule has 0 fully saturated rings. The maximum absolute atomic E-state index is 10.7. The van der Waals surface area contributed by atoms with Crippen molar-refractivity contribution in [2.24, 2.45) is 0 Å². The molecule has 0 radical (unpaired) electrons. The van der Waals surface area contributed by atoms with Crippen LogP contribution in [0.15, 0.2) is 62.6 Å². The third-order valence-electron chi connectivity index (χ3n) is 3.89. The molecule has 1 atom stereocenters. The summed E-state index contributed by atoms with van der Waals surface area (Å²) in [6.45, 7) is 1.87. The van der Waals surface area contributed by atoms with E-state index in [2.05, 4.69) is 20.4 Å². The fourth-order valence-electron chi connectivity index (χ4n) is 2.41. The van der Waals surface area contributed by atoms with E-state index in [4.69, 9.17) is 20.4 Å². The lowest BCUT2D eigenvalue weighted by molar-refractivity contribution is -0.384. The predicted molar refractivity (Wildman–Crippen MR) is 105 cm³/mol. The van der Waals surface area contributed by atoms with E-state index in [1.165, 1.54) is 23.9 Å². The van der Waals surface area contributed by atoms with Gasteiger partial charge in [-0.05, 0) is 43.3 Å². The topological polar surface area (TPSA) is 121 Å². The van der Waals surface area contributed by atoms with Gasteiger partial charge in [-0.1, -0.05) is 23.4 Å². The highest BCUT2D eigenvalue weighted by Gasteiger charge is 2.20. The fraction of sp³-hybridized carbons (Fsp3) is 0.111. The molecule has 11 heteroatoms. The molecule has 0 aliphatic heterocycles. The van der Waals surface area contributed by atoms with Gasteiger partial charge in [0, 0.05) is 28.3 Å². The van der Waals surface area contributed by atoms with Gasteiger partial charge < -0.3 is 8.83 Å². The third kappa shape index (κ3) is 4.28. The Morgan fingerprint density at radius 1 is 0.931 bits per heavy atom. The first-order chi connectivity index (χ1) is 14.0. The Morgan fingerprint density at radius 2 is 1.52 bits per heavy atom. The molecule has 0 aliphatic rings. The molecule has 0 amide bonds. The third-order valence-corrected chi connectivity index (χ3v) is 5.06. The van der Waals surface area contributed by atoms with Crippen molar-refractivity contribution in [3.05, 3.63) is 69.6 Å². The lowest BCUT2D eigenvalue weighted by atomic mass is 10.2. The second-order valence-corrected chi connectivity index (χ2v) is 7.62. The van der Waals surface area contributed by atoms with Crippen LogP contribution < -0.4 is 0 Å². The largest absolute Gasteiger partial charge is 0.419 e. The van der Waals surface area contributed by atoms with E-state index < -0.39 is 4.92 Å². The number of rotatable bonds is 6. The smallest absolute Gasteiger partial charge is 0.277 e. The van der Waals surface area contributed by atoms with Crippen LogP contribution >= 0.6 is 23.4 Å². The van der Waals surface area contributed by atoms with Crippen molar-refractivity contribution >= 4 is 29.1 Å². The lowest BCUT2D eigenvalue weighted by Crippen LogP contribution is -1.88. The number of nitro groups is 1. The monoisotopic (exact) mass is 429 g/mol. The van der Waals surface area contributed by atoms with E-state index >= 15 is 0 Å². The molecule has 4 rings (SSSR count). The van der Waals surface area contributed by atoms with Gasteiger partial charge in [0.2, 0.25) is 17.7 Å². The molecule has 146 valence electrons. The Bertz CT molecular complexity index is 1140. The van der Waals surface area contributed by atoms with Crippen LogP contribution in [-0.4, -0.2) is 25.3 Å². The summed E-state index contributed by atoms with van der Waals surface area (Å²) >= 11 is 7.16. The van der Waals surface area contributed by atoms with E-state index in [1.807, 2.05) is 6.92 Å². The molecule has 9 nitrogen and oxygen atoms in total. The van der Waals surface area contributed by atoms with Gasteiger partial charge >= 0.3 is 0 Å². The number of hydrogen-bond donors (Lipinski definition) is 0. The highest BCUT2D eigenvalue weighted by molar-refractivity contribution is 7.99. The van der Waals surface area contributed by atoms with Crippen molar-refractivity contribution in [2.75, 3.05) is 0 Å². The molecule has 2 aromatic heterocycles. The summed E-state index contributed by atoms with van der Waals surface area (Å²) in [4.78, 5) is 10.3. The SMILES string of the molecule is C[C@H](Sc1nnc(-c2ccc(Cl)cc2)o1)c1nnc(-c2ccc([N+](=O)[O-])cc2)o1. The Labute approximate surface area is 173 Å². The first kappa shape index (κ1) is 19.1. The van der Waals surface area contributed by atoms with Crippen LogP contribution in [0.3, 0.4) is 0 Å². The van der Waals surface area contributed by atoms with Gasteiger partial charge in [0.15, 0.2) is 0 Å². The summed E-state index contributed by atoms with van der Waals surface area (Å²) in [5, 5.41) is 27.6. The lowest BCUT2D eigenvalue weighted by Gasteiger charge is -2.01. The maximum atomic E-state index is 10.7. The van der Waals surface area contributed by atoms with E-state index in [0.29, 0.717) is 27.6 Å². The molecule has 0 aliphatic carbocycles. The summed E-state index contributed by atoms with van der Waals surface area (Å²) in [6, 6.07) is 13.0. The summed E-state index contributed by atoms with van der Waals surface area (Å²) in [7, 11) is 0. The van der Waals surface area contributed by atoms with Crippen LogP contribution in [-0.2, 0) is 0 Å². The minimum Gasteiger partial charge on any atom is -0.419 e. The van der Waals surface area contributed by atoms with Gasteiger partial charge in [0.1, 0.15) is 0 Å². The fourth-order valence-corrected chi connectivity index (χ4v) is 3.25. The second kappa shape index (κ2) is 8.02. The standard InChI is InChI=1S/C18H12ClN5O4S/c1-10(29-18-23-22-17(28-18)11-2-6-13(19)7-3-11)15-20-21-16(27-15)12-4-8-14(9-5-12)24(25)26/h2-10H,1H3/t10-/m0/s1. The zero-order valence-electron chi connectivity index (χ0n) is 14.9. The van der Waals surface area contributed by atoms with Crippen molar-refractivity contribution in [3.8, 4) is 22.9 Å². The van der Waals surface area contributed by atoms with Crippen molar-refractivity contribution in [2.45, 2.75) is 17.4 Å². The Kier molecular flexibility index (Phi) is 5.28. The Balaban J connectivity index is 1.46. The zero-order chi connectivity index (χ0) is 20.4. The van der Waals surface area contributed by atoms with Crippen LogP contribution in [0.5, 0.6) is 0 Å². The van der Waals surface area contributed by atoms with Crippen LogP contribution in [0.4, 0.5) is 5.69 Å². The Hall–Kier alpha value is -3.24. The van der Waals surface area contributed by atoms with E-state index in [-0.39, 0.29) is 16.8 Å². The van der Waals surface area contributed by atoms with E-state index in [9.17, 15) is 10.1 Å². The molecule has 29 heavy (non-hydrogen) atoms. The van der Waals surface area contributed by atoms with E-state index in [0.717, 1.165) is 5.56 Å². The quantitative estimate of drug-likeness (QED) is 0.231. The first-order valence-corrected chi connectivity index (χ1v) is 9.59. The van der Waals surface area contributed by atoms with Gasteiger partial charge in [0.05, 0.1) is 10.2 Å². The number of hydrogen-bond acceptors (Lipinski definition) is 9. The predicted octanol–water partition coefficient (Wildman–Crippen LogP) is 5.20. The number of nitrogens with zero attached hydrogens (tertiary/aromatic N) is 5. The maximum Gasteiger partial charge on any atom is 0.277 e. The molecule has 4 aromatic rings. The average molecular weight is 430 g/mol. The molecule has 0 unspecified atom stereocenters. The van der Waals surface area contributed by atoms with Crippen LogP contribution in [0.2, 0.25) is 5.02 Å². The number of thioether (sulfide) groups is 1. The summed E-state index contributed by atoms with van der Waals surface area (Å²) in [5.74, 6) is 1.03. The molecule has 0 saturated heterocycles. The van der Waals surface area contributed by atoms with E-state index in [1.54, 1.807) is 36.4 Å². The van der Waals surface area contributed by atoms with Gasteiger partial charge in [-0.15, -0.1) is 20.4 Å². The molecule has 0 N–H and O–H groups in total. The van der Waals surface area contributed by atoms with Gasteiger partial charge in [-0.2, -0.15) is 0 Å². The molecular formula is C18H12ClN5O4S. The molecule has 0 spiro atoms. The molecule has 0 saturated carbocycles. The number of nitro benzene ring substituents is 1. The average Bonchev–Trinajstić information content (AvgIpc) is 3.38. The molecular weight excluding hydrogens is 418 g/mol.